The molecule has 28 heavy (non-hydrogen) atoms. The van der Waals surface area contributed by atoms with Crippen LogP contribution in [-0.4, -0.2) is 22.8 Å². The molecule has 0 spiro atoms. The quantitative estimate of drug-likeness (QED) is 0.491. The van der Waals surface area contributed by atoms with E-state index in [1.54, 1.807) is 48.5 Å². The van der Waals surface area contributed by atoms with Crippen LogP contribution in [-0.2, 0) is 4.74 Å². The number of ether oxygens (including phenoxy) is 1. The number of benzene rings is 2. The van der Waals surface area contributed by atoms with Crippen molar-refractivity contribution >= 4 is 17.6 Å². The number of carbonyl (C=O) groups is 2. The van der Waals surface area contributed by atoms with Crippen LogP contribution in [0.4, 0.5) is 5.82 Å². The van der Waals surface area contributed by atoms with E-state index in [4.69, 9.17) is 4.74 Å². The van der Waals surface area contributed by atoms with Gasteiger partial charge in [0, 0.05) is 23.4 Å². The molecule has 1 heterocycles. The second kappa shape index (κ2) is 8.05. The predicted molar refractivity (Wildman–Crippen MR) is 106 cm³/mol. The van der Waals surface area contributed by atoms with Crippen LogP contribution in [0.1, 0.15) is 45.2 Å². The second-order valence-corrected chi connectivity index (χ2v) is 6.78. The lowest BCUT2D eigenvalue weighted by atomic mass is 10.00. The van der Waals surface area contributed by atoms with Crippen molar-refractivity contribution in [3.8, 4) is 0 Å². The fraction of sp³-hybridized carbons (Fsp3) is 0.174. The van der Waals surface area contributed by atoms with Gasteiger partial charge < -0.3 is 10.1 Å². The van der Waals surface area contributed by atoms with Crippen LogP contribution in [0.5, 0.6) is 0 Å². The molecule has 5 nitrogen and oxygen atoms in total. The molecule has 1 aliphatic carbocycles. The molecule has 1 aromatic heterocycles. The number of Topliss-reactive ketones (excluding diaryl/α,β-unsaturated/α-hetero) is 1. The zero-order chi connectivity index (χ0) is 19.3. The molecule has 5 heteroatoms. The van der Waals surface area contributed by atoms with Gasteiger partial charge in [-0.3, -0.25) is 4.79 Å². The number of rotatable bonds is 7. The first-order valence-electron chi connectivity index (χ1n) is 9.28. The Bertz CT molecular complexity index is 952. The molecule has 1 aliphatic rings. The first-order chi connectivity index (χ1) is 13.7. The molecule has 3 aromatic rings. The highest BCUT2D eigenvalue weighted by Crippen LogP contribution is 2.25. The smallest absolute Gasteiger partial charge is 0.340 e. The number of ketones is 1. The molecule has 0 saturated heterocycles. The molecular weight excluding hydrogens is 352 g/mol. The zero-order valence-electron chi connectivity index (χ0n) is 15.2. The standard InChI is InChI=1S/C23H20N2O3/c26-21(16-7-3-1-4-8-16)22(17-9-5-2-6-10-17)28-23(27)18-11-14-20(24-15-18)25-19-12-13-19/h1-11,14-15,19,22H,12-13H2,(H,24,25). The summed E-state index contributed by atoms with van der Waals surface area (Å²) >= 11 is 0. The molecule has 1 unspecified atom stereocenters. The lowest BCUT2D eigenvalue weighted by Crippen LogP contribution is -2.20. The fourth-order valence-corrected chi connectivity index (χ4v) is 2.87. The molecule has 0 radical (unpaired) electrons. The van der Waals surface area contributed by atoms with E-state index in [-0.39, 0.29) is 5.78 Å². The Morgan fingerprint density at radius 2 is 1.57 bits per heavy atom. The van der Waals surface area contributed by atoms with Gasteiger partial charge in [0.2, 0.25) is 5.78 Å². The van der Waals surface area contributed by atoms with Crippen LogP contribution < -0.4 is 5.32 Å². The van der Waals surface area contributed by atoms with Crippen molar-refractivity contribution in [3.05, 3.63) is 95.7 Å². The average molecular weight is 372 g/mol. The molecule has 1 atom stereocenters. The normalized spacial score (nSPS) is 14.1. The molecule has 0 amide bonds. The predicted octanol–water partition coefficient (Wildman–Crippen LogP) is 4.44. The van der Waals surface area contributed by atoms with Gasteiger partial charge in [-0.25, -0.2) is 9.78 Å². The maximum Gasteiger partial charge on any atom is 0.340 e. The van der Waals surface area contributed by atoms with Crippen molar-refractivity contribution in [2.75, 3.05) is 5.32 Å². The maximum absolute atomic E-state index is 13.0. The Morgan fingerprint density at radius 1 is 0.893 bits per heavy atom. The third kappa shape index (κ3) is 4.26. The third-order valence-electron chi connectivity index (χ3n) is 4.55. The van der Waals surface area contributed by atoms with Crippen LogP contribution in [0.15, 0.2) is 79.0 Å². The summed E-state index contributed by atoms with van der Waals surface area (Å²) in [5.41, 5.74) is 1.43. The summed E-state index contributed by atoms with van der Waals surface area (Å²) in [5, 5.41) is 3.27. The topological polar surface area (TPSA) is 68.3 Å². The number of pyridine rings is 1. The van der Waals surface area contributed by atoms with E-state index >= 15 is 0 Å². The first kappa shape index (κ1) is 17.9. The second-order valence-electron chi connectivity index (χ2n) is 6.78. The number of hydrogen-bond acceptors (Lipinski definition) is 5. The highest BCUT2D eigenvalue weighted by atomic mass is 16.5. The van der Waals surface area contributed by atoms with Crippen LogP contribution >= 0.6 is 0 Å². The minimum absolute atomic E-state index is 0.264. The third-order valence-corrected chi connectivity index (χ3v) is 4.55. The monoisotopic (exact) mass is 372 g/mol. The highest BCUT2D eigenvalue weighted by Gasteiger charge is 2.27. The van der Waals surface area contributed by atoms with E-state index in [9.17, 15) is 9.59 Å². The highest BCUT2D eigenvalue weighted by molar-refractivity contribution is 6.02. The Kier molecular flexibility index (Phi) is 5.15. The Morgan fingerprint density at radius 3 is 2.18 bits per heavy atom. The Hall–Kier alpha value is -3.47. The van der Waals surface area contributed by atoms with Gasteiger partial charge in [0.05, 0.1) is 5.56 Å². The van der Waals surface area contributed by atoms with E-state index in [0.29, 0.717) is 22.7 Å². The van der Waals surface area contributed by atoms with Crippen molar-refractivity contribution < 1.29 is 14.3 Å². The number of esters is 1. The van der Waals surface area contributed by atoms with Crippen molar-refractivity contribution in [3.63, 3.8) is 0 Å². The molecule has 0 bridgehead atoms. The maximum atomic E-state index is 13.0. The van der Waals surface area contributed by atoms with Crippen LogP contribution in [0.3, 0.4) is 0 Å². The van der Waals surface area contributed by atoms with E-state index in [1.807, 2.05) is 24.3 Å². The van der Waals surface area contributed by atoms with Crippen molar-refractivity contribution in [2.45, 2.75) is 25.0 Å². The summed E-state index contributed by atoms with van der Waals surface area (Å²) in [6.07, 6.45) is 2.75. The summed E-state index contributed by atoms with van der Waals surface area (Å²) in [5.74, 6) is -0.109. The molecule has 1 N–H and O–H groups in total. The van der Waals surface area contributed by atoms with Crippen LogP contribution in [0.2, 0.25) is 0 Å². The largest absolute Gasteiger partial charge is 0.445 e. The van der Waals surface area contributed by atoms with Gasteiger partial charge >= 0.3 is 5.97 Å². The SMILES string of the molecule is O=C(OC(C(=O)c1ccccc1)c1ccccc1)c1ccc(NC2CC2)nc1. The van der Waals surface area contributed by atoms with Gasteiger partial charge in [-0.1, -0.05) is 60.7 Å². The number of anilines is 1. The van der Waals surface area contributed by atoms with E-state index in [1.165, 1.54) is 6.20 Å². The Balaban J connectivity index is 1.54. The summed E-state index contributed by atoms with van der Waals surface area (Å²) in [6.45, 7) is 0. The van der Waals surface area contributed by atoms with Crippen molar-refractivity contribution in [2.24, 2.45) is 0 Å². The summed E-state index contributed by atoms with van der Waals surface area (Å²) in [6, 6.07) is 21.8. The van der Waals surface area contributed by atoms with Gasteiger partial charge in [0.15, 0.2) is 6.10 Å². The molecule has 1 saturated carbocycles. The molecule has 2 aromatic carbocycles. The van der Waals surface area contributed by atoms with Gasteiger partial charge in [0.1, 0.15) is 5.82 Å². The number of nitrogens with zero attached hydrogens (tertiary/aromatic N) is 1. The number of hydrogen-bond donors (Lipinski definition) is 1. The lowest BCUT2D eigenvalue weighted by molar-refractivity contribution is 0.0279. The average Bonchev–Trinajstić information content (AvgIpc) is 3.57. The zero-order valence-corrected chi connectivity index (χ0v) is 15.2. The molecule has 140 valence electrons. The van der Waals surface area contributed by atoms with Crippen molar-refractivity contribution in [1.29, 1.82) is 0 Å². The minimum atomic E-state index is -1.01. The minimum Gasteiger partial charge on any atom is -0.445 e. The number of aromatic nitrogens is 1. The summed E-state index contributed by atoms with van der Waals surface area (Å²) < 4.78 is 5.62. The van der Waals surface area contributed by atoms with Gasteiger partial charge in [-0.2, -0.15) is 0 Å². The molecular formula is C23H20N2O3. The van der Waals surface area contributed by atoms with Crippen LogP contribution in [0.25, 0.3) is 0 Å². The fourth-order valence-electron chi connectivity index (χ4n) is 2.87. The lowest BCUT2D eigenvalue weighted by Gasteiger charge is -2.17. The van der Waals surface area contributed by atoms with Gasteiger partial charge in [-0.05, 0) is 25.0 Å². The van der Waals surface area contributed by atoms with E-state index in [0.717, 1.165) is 18.7 Å². The van der Waals surface area contributed by atoms with Gasteiger partial charge in [-0.15, -0.1) is 0 Å². The Labute approximate surface area is 163 Å². The van der Waals surface area contributed by atoms with E-state index < -0.39 is 12.1 Å². The van der Waals surface area contributed by atoms with Gasteiger partial charge in [0.25, 0.3) is 0 Å². The van der Waals surface area contributed by atoms with E-state index in [2.05, 4.69) is 10.3 Å². The number of carbonyl (C=O) groups excluding carboxylic acids is 2. The van der Waals surface area contributed by atoms with Crippen molar-refractivity contribution in [1.82, 2.24) is 4.98 Å². The first-order valence-corrected chi connectivity index (χ1v) is 9.28. The summed E-state index contributed by atoms with van der Waals surface area (Å²) in [4.78, 5) is 29.9. The number of nitrogens with one attached hydrogen (secondary N) is 1. The molecule has 0 aliphatic heterocycles. The molecule has 4 rings (SSSR count). The van der Waals surface area contributed by atoms with Crippen LogP contribution in [0, 0.1) is 0 Å². The summed E-state index contributed by atoms with van der Waals surface area (Å²) in [7, 11) is 0. The molecule has 1 fully saturated rings.